The third-order valence-electron chi connectivity index (χ3n) is 5.49. The molecule has 2 aliphatic carbocycles. The first-order valence-electron chi connectivity index (χ1n) is 7.00. The highest BCUT2D eigenvalue weighted by atomic mass is 14.5. The Labute approximate surface area is 95.8 Å². The van der Waals surface area contributed by atoms with Crippen LogP contribution in [-0.4, -0.2) is 0 Å². The SMILES string of the molecule is CC1CC[C@@H](C(C)(C)[C@H]2CCC(C)C2)C1. The summed E-state index contributed by atoms with van der Waals surface area (Å²) in [7, 11) is 0. The van der Waals surface area contributed by atoms with Crippen LogP contribution in [0.1, 0.15) is 66.2 Å². The van der Waals surface area contributed by atoms with Crippen molar-refractivity contribution in [3.63, 3.8) is 0 Å². The Kier molecular flexibility index (Phi) is 3.14. The molecule has 0 radical (unpaired) electrons. The predicted octanol–water partition coefficient (Wildman–Crippen LogP) is 4.89. The standard InChI is InChI=1S/C15H28/c1-11-5-7-13(9-11)15(3,4)14-8-6-12(2)10-14/h11-14H,5-10H2,1-4H3/t11?,12?,13-,14+. The highest BCUT2D eigenvalue weighted by Crippen LogP contribution is 2.52. The zero-order valence-electron chi connectivity index (χ0n) is 11.1. The summed E-state index contributed by atoms with van der Waals surface area (Å²) in [4.78, 5) is 0. The molecule has 2 fully saturated rings. The third kappa shape index (κ3) is 2.24. The van der Waals surface area contributed by atoms with Crippen molar-refractivity contribution in [3.8, 4) is 0 Å². The molecule has 2 rings (SSSR count). The summed E-state index contributed by atoms with van der Waals surface area (Å²) in [6.07, 6.45) is 8.96. The van der Waals surface area contributed by atoms with E-state index in [1.165, 1.54) is 38.5 Å². The highest BCUT2D eigenvalue weighted by Gasteiger charge is 2.42. The smallest absolute Gasteiger partial charge is 0.0297 e. The van der Waals surface area contributed by atoms with Crippen LogP contribution in [0.15, 0.2) is 0 Å². The highest BCUT2D eigenvalue weighted by molar-refractivity contribution is 4.92. The van der Waals surface area contributed by atoms with Crippen LogP contribution in [0, 0.1) is 29.1 Å². The molecule has 0 aromatic rings. The van der Waals surface area contributed by atoms with Gasteiger partial charge < -0.3 is 0 Å². The van der Waals surface area contributed by atoms with Gasteiger partial charge in [-0.05, 0) is 54.8 Å². The summed E-state index contributed by atoms with van der Waals surface area (Å²) in [5, 5.41) is 0. The minimum absolute atomic E-state index is 0.621. The molecule has 0 aromatic heterocycles. The topological polar surface area (TPSA) is 0 Å². The van der Waals surface area contributed by atoms with E-state index in [2.05, 4.69) is 27.7 Å². The molecule has 0 saturated heterocycles. The average Bonchev–Trinajstić information content (AvgIpc) is 2.74. The fraction of sp³-hybridized carbons (Fsp3) is 1.00. The first-order chi connectivity index (χ1) is 7.00. The van der Waals surface area contributed by atoms with E-state index >= 15 is 0 Å². The van der Waals surface area contributed by atoms with Crippen LogP contribution in [0.5, 0.6) is 0 Å². The molecule has 88 valence electrons. The molecule has 0 aliphatic heterocycles. The second-order valence-electron chi connectivity index (χ2n) is 7.05. The summed E-state index contributed by atoms with van der Waals surface area (Å²) >= 11 is 0. The minimum atomic E-state index is 0.621. The summed E-state index contributed by atoms with van der Waals surface area (Å²) in [6, 6.07) is 0. The monoisotopic (exact) mass is 208 g/mol. The third-order valence-corrected chi connectivity index (χ3v) is 5.49. The largest absolute Gasteiger partial charge is 0.0625 e. The van der Waals surface area contributed by atoms with Crippen molar-refractivity contribution in [2.45, 2.75) is 66.2 Å². The van der Waals surface area contributed by atoms with Crippen molar-refractivity contribution in [2.24, 2.45) is 29.1 Å². The molecule has 2 saturated carbocycles. The Hall–Kier alpha value is 0. The van der Waals surface area contributed by atoms with Crippen LogP contribution in [0.25, 0.3) is 0 Å². The summed E-state index contributed by atoms with van der Waals surface area (Å²) in [5.74, 6) is 4.02. The lowest BCUT2D eigenvalue weighted by atomic mass is 9.67. The maximum Gasteiger partial charge on any atom is -0.0297 e. The Morgan fingerprint density at radius 3 is 1.40 bits per heavy atom. The van der Waals surface area contributed by atoms with Gasteiger partial charge in [0.25, 0.3) is 0 Å². The van der Waals surface area contributed by atoms with Gasteiger partial charge in [0, 0.05) is 0 Å². The van der Waals surface area contributed by atoms with Gasteiger partial charge in [0.2, 0.25) is 0 Å². The molecule has 4 atom stereocenters. The molecule has 0 heteroatoms. The van der Waals surface area contributed by atoms with Crippen molar-refractivity contribution in [3.05, 3.63) is 0 Å². The van der Waals surface area contributed by atoms with Crippen LogP contribution >= 0.6 is 0 Å². The molecule has 15 heavy (non-hydrogen) atoms. The second kappa shape index (κ2) is 4.11. The first kappa shape index (κ1) is 11.5. The second-order valence-corrected chi connectivity index (χ2v) is 7.05. The molecular formula is C15H28. The molecule has 0 amide bonds. The van der Waals surface area contributed by atoms with Crippen molar-refractivity contribution >= 4 is 0 Å². The van der Waals surface area contributed by atoms with Gasteiger partial charge in [-0.15, -0.1) is 0 Å². The van der Waals surface area contributed by atoms with E-state index in [0.717, 1.165) is 23.7 Å². The van der Waals surface area contributed by atoms with Crippen LogP contribution in [0.4, 0.5) is 0 Å². The Morgan fingerprint density at radius 2 is 1.13 bits per heavy atom. The number of rotatable bonds is 2. The van der Waals surface area contributed by atoms with Gasteiger partial charge in [-0.2, -0.15) is 0 Å². The van der Waals surface area contributed by atoms with Crippen molar-refractivity contribution in [1.29, 1.82) is 0 Å². The molecule has 0 aromatic carbocycles. The van der Waals surface area contributed by atoms with Crippen molar-refractivity contribution < 1.29 is 0 Å². The molecule has 2 unspecified atom stereocenters. The zero-order valence-corrected chi connectivity index (χ0v) is 11.1. The van der Waals surface area contributed by atoms with Crippen LogP contribution in [0.2, 0.25) is 0 Å². The molecule has 0 spiro atoms. The van der Waals surface area contributed by atoms with Gasteiger partial charge in [-0.3, -0.25) is 0 Å². The van der Waals surface area contributed by atoms with Crippen molar-refractivity contribution in [2.75, 3.05) is 0 Å². The maximum atomic E-state index is 2.55. The molecular weight excluding hydrogens is 180 g/mol. The van der Waals surface area contributed by atoms with Crippen LogP contribution in [-0.2, 0) is 0 Å². The lowest BCUT2D eigenvalue weighted by molar-refractivity contribution is 0.115. The van der Waals surface area contributed by atoms with Crippen LogP contribution < -0.4 is 0 Å². The van der Waals surface area contributed by atoms with Gasteiger partial charge in [-0.25, -0.2) is 0 Å². The quantitative estimate of drug-likeness (QED) is 0.606. The fourth-order valence-electron chi connectivity index (χ4n) is 4.10. The molecule has 0 nitrogen and oxygen atoms in total. The lowest BCUT2D eigenvalue weighted by Crippen LogP contribution is -2.30. The Bertz CT molecular complexity index is 194. The first-order valence-corrected chi connectivity index (χ1v) is 7.00. The van der Waals surface area contributed by atoms with E-state index in [4.69, 9.17) is 0 Å². The average molecular weight is 208 g/mol. The van der Waals surface area contributed by atoms with Crippen molar-refractivity contribution in [1.82, 2.24) is 0 Å². The van der Waals surface area contributed by atoms with Gasteiger partial charge in [0.1, 0.15) is 0 Å². The molecule has 0 heterocycles. The number of hydrogen-bond acceptors (Lipinski definition) is 0. The maximum absolute atomic E-state index is 2.55. The van der Waals surface area contributed by atoms with E-state index < -0.39 is 0 Å². The van der Waals surface area contributed by atoms with Gasteiger partial charge in [0.05, 0.1) is 0 Å². The summed E-state index contributed by atoms with van der Waals surface area (Å²) < 4.78 is 0. The summed E-state index contributed by atoms with van der Waals surface area (Å²) in [6.45, 7) is 9.98. The number of hydrogen-bond donors (Lipinski definition) is 0. The van der Waals surface area contributed by atoms with E-state index in [0.29, 0.717) is 5.41 Å². The minimum Gasteiger partial charge on any atom is -0.0625 e. The lowest BCUT2D eigenvalue weighted by Gasteiger charge is -2.38. The Balaban J connectivity index is 1.99. The zero-order chi connectivity index (χ0) is 11.1. The molecule has 0 bridgehead atoms. The van der Waals surface area contributed by atoms with E-state index in [1.54, 1.807) is 0 Å². The van der Waals surface area contributed by atoms with E-state index in [1.807, 2.05) is 0 Å². The normalized spacial score (nSPS) is 42.4. The van der Waals surface area contributed by atoms with Crippen LogP contribution in [0.3, 0.4) is 0 Å². The van der Waals surface area contributed by atoms with E-state index in [-0.39, 0.29) is 0 Å². The Morgan fingerprint density at radius 1 is 0.733 bits per heavy atom. The molecule has 0 N–H and O–H groups in total. The molecule has 2 aliphatic rings. The summed E-state index contributed by atoms with van der Waals surface area (Å²) in [5.41, 5.74) is 0.621. The van der Waals surface area contributed by atoms with Gasteiger partial charge in [0.15, 0.2) is 0 Å². The van der Waals surface area contributed by atoms with E-state index in [9.17, 15) is 0 Å². The van der Waals surface area contributed by atoms with Gasteiger partial charge in [-0.1, -0.05) is 40.5 Å². The van der Waals surface area contributed by atoms with Gasteiger partial charge >= 0.3 is 0 Å². The fourth-order valence-corrected chi connectivity index (χ4v) is 4.10. The predicted molar refractivity (Wildman–Crippen MR) is 66.8 cm³/mol.